The highest BCUT2D eigenvalue weighted by Crippen LogP contribution is 2.24. The second-order valence-electron chi connectivity index (χ2n) is 7.75. The van der Waals surface area contributed by atoms with E-state index in [1.807, 2.05) is 65.4 Å². The molecule has 1 saturated heterocycles. The lowest BCUT2D eigenvalue weighted by molar-refractivity contribution is -0.120. The van der Waals surface area contributed by atoms with Gasteiger partial charge in [0.25, 0.3) is 0 Å². The van der Waals surface area contributed by atoms with Crippen molar-refractivity contribution in [3.8, 4) is 17.2 Å². The van der Waals surface area contributed by atoms with Crippen LogP contribution in [-0.4, -0.2) is 43.7 Å². The Balaban J connectivity index is 1.29. The van der Waals surface area contributed by atoms with E-state index in [0.29, 0.717) is 18.1 Å². The number of carbonyl (C=O) groups is 1. The van der Waals surface area contributed by atoms with Gasteiger partial charge in [0.15, 0.2) is 11.6 Å². The summed E-state index contributed by atoms with van der Waals surface area (Å²) >= 11 is 0. The molecule has 0 spiro atoms. The Hall–Kier alpha value is -4.07. The van der Waals surface area contributed by atoms with Crippen molar-refractivity contribution in [3.05, 3.63) is 79.4 Å². The molecular weight excluding hydrogens is 402 g/mol. The van der Waals surface area contributed by atoms with Crippen LogP contribution in [0.1, 0.15) is 12.8 Å². The first-order chi connectivity index (χ1) is 15.8. The van der Waals surface area contributed by atoms with Crippen molar-refractivity contribution < 1.29 is 4.79 Å². The van der Waals surface area contributed by atoms with Gasteiger partial charge in [-0.3, -0.25) is 14.3 Å². The molecule has 1 aromatic carbocycles. The molecule has 1 fully saturated rings. The van der Waals surface area contributed by atoms with E-state index >= 15 is 0 Å². The van der Waals surface area contributed by atoms with Crippen LogP contribution in [0.15, 0.2) is 79.4 Å². The maximum atomic E-state index is 12.7. The fourth-order valence-corrected chi connectivity index (χ4v) is 3.98. The lowest BCUT2D eigenvalue weighted by atomic mass is 9.97. The lowest BCUT2D eigenvalue weighted by Crippen LogP contribution is -2.41. The molecule has 1 unspecified atom stereocenters. The van der Waals surface area contributed by atoms with Gasteiger partial charge in [0.1, 0.15) is 5.82 Å². The summed E-state index contributed by atoms with van der Waals surface area (Å²) in [6.45, 7) is 1.46. The van der Waals surface area contributed by atoms with Crippen LogP contribution in [0.3, 0.4) is 0 Å². The van der Waals surface area contributed by atoms with Crippen molar-refractivity contribution in [1.29, 1.82) is 0 Å². The second-order valence-corrected chi connectivity index (χ2v) is 7.75. The minimum Gasteiger partial charge on any atom is -0.354 e. The first kappa shape index (κ1) is 19.9. The SMILES string of the molecule is O=C(Nc1cccnc1)C1CCCN(c2ccc(-n3ccnc3-c3ccccc3)nn2)C1. The molecule has 1 amide bonds. The Labute approximate surface area is 186 Å². The maximum absolute atomic E-state index is 12.7. The molecule has 4 aromatic rings. The normalized spacial score (nSPS) is 16.0. The third-order valence-corrected chi connectivity index (χ3v) is 5.60. The first-order valence-electron chi connectivity index (χ1n) is 10.7. The molecule has 5 rings (SSSR count). The van der Waals surface area contributed by atoms with E-state index in [4.69, 9.17) is 0 Å². The smallest absolute Gasteiger partial charge is 0.229 e. The highest BCUT2D eigenvalue weighted by Gasteiger charge is 2.27. The van der Waals surface area contributed by atoms with Crippen LogP contribution in [-0.2, 0) is 4.79 Å². The maximum Gasteiger partial charge on any atom is 0.229 e. The third-order valence-electron chi connectivity index (χ3n) is 5.60. The van der Waals surface area contributed by atoms with E-state index in [9.17, 15) is 4.79 Å². The van der Waals surface area contributed by atoms with Crippen molar-refractivity contribution in [3.63, 3.8) is 0 Å². The monoisotopic (exact) mass is 425 g/mol. The topological polar surface area (TPSA) is 88.8 Å². The molecule has 1 N–H and O–H groups in total. The fourth-order valence-electron chi connectivity index (χ4n) is 3.98. The van der Waals surface area contributed by atoms with Crippen molar-refractivity contribution in [2.75, 3.05) is 23.3 Å². The predicted molar refractivity (Wildman–Crippen MR) is 122 cm³/mol. The number of rotatable bonds is 5. The lowest BCUT2D eigenvalue weighted by Gasteiger charge is -2.32. The number of hydrogen-bond donors (Lipinski definition) is 1. The zero-order valence-corrected chi connectivity index (χ0v) is 17.5. The van der Waals surface area contributed by atoms with Gasteiger partial charge in [-0.05, 0) is 37.1 Å². The van der Waals surface area contributed by atoms with Gasteiger partial charge in [0.05, 0.1) is 17.8 Å². The summed E-state index contributed by atoms with van der Waals surface area (Å²) < 4.78 is 1.92. The molecule has 32 heavy (non-hydrogen) atoms. The van der Waals surface area contributed by atoms with E-state index in [1.54, 1.807) is 18.6 Å². The van der Waals surface area contributed by atoms with Crippen LogP contribution in [0.2, 0.25) is 0 Å². The zero-order chi connectivity index (χ0) is 21.8. The molecule has 8 nitrogen and oxygen atoms in total. The second kappa shape index (κ2) is 8.97. The number of piperidine rings is 1. The number of nitrogens with zero attached hydrogens (tertiary/aromatic N) is 6. The van der Waals surface area contributed by atoms with Crippen LogP contribution >= 0.6 is 0 Å². The Morgan fingerprint density at radius 3 is 2.59 bits per heavy atom. The molecule has 0 bridgehead atoms. The average molecular weight is 425 g/mol. The number of aromatic nitrogens is 5. The van der Waals surface area contributed by atoms with Gasteiger partial charge in [-0.2, -0.15) is 0 Å². The summed E-state index contributed by atoms with van der Waals surface area (Å²) in [5.41, 5.74) is 1.73. The van der Waals surface area contributed by atoms with Crippen LogP contribution < -0.4 is 10.2 Å². The largest absolute Gasteiger partial charge is 0.354 e. The number of nitrogens with one attached hydrogen (secondary N) is 1. The van der Waals surface area contributed by atoms with Gasteiger partial charge in [0.2, 0.25) is 5.91 Å². The Morgan fingerprint density at radius 1 is 0.969 bits per heavy atom. The predicted octanol–water partition coefficient (Wildman–Crippen LogP) is 3.58. The molecule has 8 heteroatoms. The van der Waals surface area contributed by atoms with Gasteiger partial charge in [-0.15, -0.1) is 10.2 Å². The van der Waals surface area contributed by atoms with Crippen molar-refractivity contribution >= 4 is 17.4 Å². The van der Waals surface area contributed by atoms with Gasteiger partial charge in [0, 0.05) is 37.2 Å². The summed E-state index contributed by atoms with van der Waals surface area (Å²) in [5.74, 6) is 2.20. The highest BCUT2D eigenvalue weighted by atomic mass is 16.1. The average Bonchev–Trinajstić information content (AvgIpc) is 3.35. The summed E-state index contributed by atoms with van der Waals surface area (Å²) in [4.78, 5) is 23.4. The number of imidazole rings is 1. The van der Waals surface area contributed by atoms with E-state index in [1.165, 1.54) is 0 Å². The van der Waals surface area contributed by atoms with Crippen molar-refractivity contribution in [1.82, 2.24) is 24.7 Å². The number of anilines is 2. The minimum absolute atomic E-state index is 0.0122. The van der Waals surface area contributed by atoms with E-state index < -0.39 is 0 Å². The van der Waals surface area contributed by atoms with Gasteiger partial charge >= 0.3 is 0 Å². The van der Waals surface area contributed by atoms with E-state index in [-0.39, 0.29) is 11.8 Å². The summed E-state index contributed by atoms with van der Waals surface area (Å²) in [5, 5.41) is 11.9. The minimum atomic E-state index is -0.108. The number of carbonyl (C=O) groups excluding carboxylic acids is 1. The summed E-state index contributed by atoms with van der Waals surface area (Å²) in [6.07, 6.45) is 8.76. The van der Waals surface area contributed by atoms with Crippen molar-refractivity contribution in [2.45, 2.75) is 12.8 Å². The van der Waals surface area contributed by atoms with Gasteiger partial charge < -0.3 is 10.2 Å². The molecule has 0 aliphatic carbocycles. The molecular formula is C24H23N7O. The molecule has 160 valence electrons. The number of amides is 1. The zero-order valence-electron chi connectivity index (χ0n) is 17.5. The molecule has 0 saturated carbocycles. The number of pyridine rings is 1. The standard InChI is InChI=1S/C24H23N7O/c32-24(27-20-9-4-12-25-16-20)19-8-5-14-30(17-19)21-10-11-22(29-28-21)31-15-13-26-23(31)18-6-2-1-3-7-18/h1-4,6-7,9-13,15-16,19H,5,8,14,17H2,(H,27,32). The number of benzene rings is 1. The van der Waals surface area contributed by atoms with Crippen molar-refractivity contribution in [2.24, 2.45) is 5.92 Å². The van der Waals surface area contributed by atoms with Gasteiger partial charge in [-0.25, -0.2) is 4.98 Å². The van der Waals surface area contributed by atoms with E-state index in [2.05, 4.69) is 30.4 Å². The fraction of sp³-hybridized carbons (Fsp3) is 0.208. The van der Waals surface area contributed by atoms with Crippen LogP contribution in [0.5, 0.6) is 0 Å². The molecule has 1 aliphatic heterocycles. The Bertz CT molecular complexity index is 1180. The van der Waals surface area contributed by atoms with Crippen LogP contribution in [0.25, 0.3) is 17.2 Å². The first-order valence-corrected chi connectivity index (χ1v) is 10.7. The molecule has 0 radical (unpaired) electrons. The molecule has 4 heterocycles. The molecule has 1 aliphatic rings. The molecule has 1 atom stereocenters. The third kappa shape index (κ3) is 4.20. The van der Waals surface area contributed by atoms with Crippen LogP contribution in [0, 0.1) is 5.92 Å². The molecule has 3 aromatic heterocycles. The number of hydrogen-bond acceptors (Lipinski definition) is 6. The van der Waals surface area contributed by atoms with Crippen LogP contribution in [0.4, 0.5) is 11.5 Å². The van der Waals surface area contributed by atoms with Gasteiger partial charge in [-0.1, -0.05) is 30.3 Å². The summed E-state index contributed by atoms with van der Waals surface area (Å²) in [6, 6.07) is 17.5. The quantitative estimate of drug-likeness (QED) is 0.526. The Morgan fingerprint density at radius 2 is 1.81 bits per heavy atom. The highest BCUT2D eigenvalue weighted by molar-refractivity contribution is 5.92. The van der Waals surface area contributed by atoms with E-state index in [0.717, 1.165) is 36.6 Å². The summed E-state index contributed by atoms with van der Waals surface area (Å²) in [7, 11) is 0. The Kier molecular flexibility index (Phi) is 5.57.